The summed E-state index contributed by atoms with van der Waals surface area (Å²) in [7, 11) is 0. The Labute approximate surface area is 272 Å². The van der Waals surface area contributed by atoms with Crippen LogP contribution in [0.15, 0.2) is 176 Å². The molecule has 9 rings (SSSR count). The van der Waals surface area contributed by atoms with Crippen molar-refractivity contribution in [3.8, 4) is 22.3 Å². The zero-order valence-electron chi connectivity index (χ0n) is 25.1. The highest BCUT2D eigenvalue weighted by Crippen LogP contribution is 2.46. The van der Waals surface area contributed by atoms with Crippen LogP contribution in [0.4, 0.5) is 17.1 Å². The third-order valence-corrected chi connectivity index (χ3v) is 10.2. The van der Waals surface area contributed by atoms with E-state index >= 15 is 0 Å². The average Bonchev–Trinajstić information content (AvgIpc) is 3.52. The van der Waals surface area contributed by atoms with Crippen molar-refractivity contribution in [2.24, 2.45) is 0 Å². The number of benzene rings is 8. The molecule has 0 atom stereocenters. The number of thiophene rings is 1. The smallest absolute Gasteiger partial charge is 0.0540 e. The van der Waals surface area contributed by atoms with E-state index in [2.05, 4.69) is 181 Å². The van der Waals surface area contributed by atoms with Crippen molar-refractivity contribution in [2.75, 3.05) is 4.90 Å². The highest BCUT2D eigenvalue weighted by atomic mass is 32.1. The van der Waals surface area contributed by atoms with E-state index in [0.717, 1.165) is 17.1 Å². The molecule has 0 spiro atoms. The van der Waals surface area contributed by atoms with Crippen LogP contribution in [0, 0.1) is 0 Å². The minimum Gasteiger partial charge on any atom is -0.310 e. The van der Waals surface area contributed by atoms with Gasteiger partial charge in [0.1, 0.15) is 0 Å². The van der Waals surface area contributed by atoms with Gasteiger partial charge in [-0.2, -0.15) is 0 Å². The van der Waals surface area contributed by atoms with Crippen molar-refractivity contribution < 1.29 is 0 Å². The monoisotopic (exact) mass is 603 g/mol. The SMILES string of the molecule is c1ccc(-c2ccccc2N(c2ccc(-c3cc4ccccc4c4sc5ccccc5c34)cc2)c2ccc3ccccc3c2)cc1. The summed E-state index contributed by atoms with van der Waals surface area (Å²) in [6, 6.07) is 63.9. The second kappa shape index (κ2) is 11.0. The Bertz CT molecular complexity index is 2530. The lowest BCUT2D eigenvalue weighted by Crippen LogP contribution is -2.11. The molecule has 1 nitrogen and oxygen atoms in total. The molecule has 1 aromatic heterocycles. The van der Waals surface area contributed by atoms with Gasteiger partial charge < -0.3 is 4.90 Å². The van der Waals surface area contributed by atoms with Crippen LogP contribution in [0.3, 0.4) is 0 Å². The molecule has 8 aromatic carbocycles. The molecular weight excluding hydrogens is 575 g/mol. The van der Waals surface area contributed by atoms with Gasteiger partial charge in [0.2, 0.25) is 0 Å². The molecule has 0 radical (unpaired) electrons. The minimum atomic E-state index is 1.12. The molecule has 0 bridgehead atoms. The lowest BCUT2D eigenvalue weighted by atomic mass is 9.95. The summed E-state index contributed by atoms with van der Waals surface area (Å²) >= 11 is 1.89. The molecule has 0 saturated carbocycles. The second-order valence-corrected chi connectivity index (χ2v) is 12.8. The Morgan fingerprint density at radius 3 is 1.87 bits per heavy atom. The van der Waals surface area contributed by atoms with Crippen LogP contribution in [0.1, 0.15) is 0 Å². The fourth-order valence-corrected chi connectivity index (χ4v) is 8.12. The van der Waals surface area contributed by atoms with Crippen molar-refractivity contribution in [3.63, 3.8) is 0 Å². The van der Waals surface area contributed by atoms with Crippen LogP contribution in [-0.4, -0.2) is 0 Å². The van der Waals surface area contributed by atoms with E-state index in [4.69, 9.17) is 0 Å². The van der Waals surface area contributed by atoms with E-state index in [1.54, 1.807) is 0 Å². The van der Waals surface area contributed by atoms with Crippen molar-refractivity contribution in [1.29, 1.82) is 0 Å². The highest BCUT2D eigenvalue weighted by Gasteiger charge is 2.19. The molecule has 0 aliphatic carbocycles. The molecule has 0 aliphatic rings. The maximum absolute atomic E-state index is 2.40. The van der Waals surface area contributed by atoms with E-state index in [-0.39, 0.29) is 0 Å². The molecule has 0 amide bonds. The van der Waals surface area contributed by atoms with Crippen LogP contribution in [0.25, 0.3) is 64.0 Å². The Kier molecular flexibility index (Phi) is 6.40. The van der Waals surface area contributed by atoms with Crippen LogP contribution >= 0.6 is 11.3 Å². The van der Waals surface area contributed by atoms with E-state index in [0.29, 0.717) is 0 Å². The standard InChI is InChI=1S/C44H29NS/c1-2-13-31(14-3-1)37-17-8-10-20-41(37)45(36-27-22-30-12-4-5-15-33(30)28-36)35-25-23-32(24-26-35)40-29-34-16-6-7-18-38(34)44-43(40)39-19-9-11-21-42(39)46-44/h1-29H. The minimum absolute atomic E-state index is 1.12. The third-order valence-electron chi connectivity index (χ3n) is 9.03. The van der Waals surface area contributed by atoms with Gasteiger partial charge in [0.05, 0.1) is 5.69 Å². The molecule has 2 heteroatoms. The van der Waals surface area contributed by atoms with Crippen molar-refractivity contribution in [3.05, 3.63) is 176 Å². The fraction of sp³-hybridized carbons (Fsp3) is 0. The molecule has 0 unspecified atom stereocenters. The number of rotatable bonds is 5. The van der Waals surface area contributed by atoms with Crippen molar-refractivity contribution in [1.82, 2.24) is 0 Å². The van der Waals surface area contributed by atoms with Gasteiger partial charge in [-0.3, -0.25) is 0 Å². The predicted molar refractivity (Wildman–Crippen MR) is 200 cm³/mol. The van der Waals surface area contributed by atoms with Gasteiger partial charge in [0, 0.05) is 37.1 Å². The topological polar surface area (TPSA) is 3.24 Å². The second-order valence-electron chi connectivity index (χ2n) is 11.7. The van der Waals surface area contributed by atoms with Crippen LogP contribution in [-0.2, 0) is 0 Å². The van der Waals surface area contributed by atoms with Crippen LogP contribution in [0.2, 0.25) is 0 Å². The summed E-state index contributed by atoms with van der Waals surface area (Å²) in [5.74, 6) is 0. The number of anilines is 3. The molecule has 216 valence electrons. The van der Waals surface area contributed by atoms with Gasteiger partial charge in [0.15, 0.2) is 0 Å². The van der Waals surface area contributed by atoms with Crippen molar-refractivity contribution >= 4 is 70.1 Å². The Morgan fingerprint density at radius 2 is 1.02 bits per heavy atom. The largest absolute Gasteiger partial charge is 0.310 e. The molecule has 0 N–H and O–H groups in total. The zero-order valence-corrected chi connectivity index (χ0v) is 25.9. The average molecular weight is 604 g/mol. The van der Waals surface area contributed by atoms with E-state index < -0.39 is 0 Å². The van der Waals surface area contributed by atoms with Gasteiger partial charge in [-0.1, -0.05) is 133 Å². The third kappa shape index (κ3) is 4.46. The molecule has 0 saturated heterocycles. The summed E-state index contributed by atoms with van der Waals surface area (Å²) < 4.78 is 2.68. The maximum atomic E-state index is 2.40. The predicted octanol–water partition coefficient (Wildman–Crippen LogP) is 13.2. The Morgan fingerprint density at radius 1 is 0.391 bits per heavy atom. The summed E-state index contributed by atoms with van der Waals surface area (Å²) in [4.78, 5) is 2.40. The first-order valence-corrected chi connectivity index (χ1v) is 16.5. The van der Waals surface area contributed by atoms with Gasteiger partial charge in [0.25, 0.3) is 0 Å². The number of fused-ring (bicyclic) bond motifs is 6. The maximum Gasteiger partial charge on any atom is 0.0540 e. The molecule has 0 fully saturated rings. The lowest BCUT2D eigenvalue weighted by molar-refractivity contribution is 1.29. The summed E-state index contributed by atoms with van der Waals surface area (Å²) in [5.41, 5.74) is 8.29. The number of para-hydroxylation sites is 1. The van der Waals surface area contributed by atoms with E-state index in [1.807, 2.05) is 11.3 Å². The normalized spacial score (nSPS) is 11.5. The van der Waals surface area contributed by atoms with Crippen molar-refractivity contribution in [2.45, 2.75) is 0 Å². The van der Waals surface area contributed by atoms with Gasteiger partial charge in [-0.25, -0.2) is 0 Å². The fourth-order valence-electron chi connectivity index (χ4n) is 6.85. The first-order chi connectivity index (χ1) is 22.8. The first kappa shape index (κ1) is 26.7. The first-order valence-electron chi connectivity index (χ1n) is 15.7. The number of nitrogens with zero attached hydrogens (tertiary/aromatic N) is 1. The summed E-state index contributed by atoms with van der Waals surface area (Å²) in [6.45, 7) is 0. The number of hydrogen-bond acceptors (Lipinski definition) is 2. The van der Waals surface area contributed by atoms with Gasteiger partial charge in [-0.15, -0.1) is 11.3 Å². The Balaban J connectivity index is 1.24. The van der Waals surface area contributed by atoms with E-state index in [9.17, 15) is 0 Å². The lowest BCUT2D eigenvalue weighted by Gasteiger charge is -2.28. The van der Waals surface area contributed by atoms with E-state index in [1.165, 1.54) is 64.0 Å². The van der Waals surface area contributed by atoms with Gasteiger partial charge in [-0.05, 0) is 80.7 Å². The summed E-state index contributed by atoms with van der Waals surface area (Å²) in [6.07, 6.45) is 0. The van der Waals surface area contributed by atoms with Crippen LogP contribution in [0.5, 0.6) is 0 Å². The molecule has 46 heavy (non-hydrogen) atoms. The Hall–Kier alpha value is -5.70. The zero-order chi connectivity index (χ0) is 30.5. The molecular formula is C44H29NS. The molecule has 0 aliphatic heterocycles. The highest BCUT2D eigenvalue weighted by molar-refractivity contribution is 7.26. The van der Waals surface area contributed by atoms with Gasteiger partial charge >= 0.3 is 0 Å². The molecule has 9 aromatic rings. The summed E-state index contributed by atoms with van der Waals surface area (Å²) in [5, 5.41) is 7.71. The van der Waals surface area contributed by atoms with Crippen LogP contribution < -0.4 is 4.90 Å². The quantitative estimate of drug-likeness (QED) is 0.189. The number of hydrogen-bond donors (Lipinski definition) is 0. The molecule has 1 heterocycles.